The number of aromatic hydroxyl groups is 1. The zero-order valence-corrected chi connectivity index (χ0v) is 12.1. The number of carbonyl (C=O) groups excluding carboxylic acids is 1. The van der Waals surface area contributed by atoms with E-state index >= 15 is 0 Å². The van der Waals surface area contributed by atoms with E-state index in [1.54, 1.807) is 13.0 Å². The lowest BCUT2D eigenvalue weighted by atomic mass is 10.1. The summed E-state index contributed by atoms with van der Waals surface area (Å²) in [4.78, 5) is 23.2. The van der Waals surface area contributed by atoms with E-state index in [2.05, 4.69) is 5.32 Å². The zero-order valence-electron chi connectivity index (χ0n) is 12.1. The van der Waals surface area contributed by atoms with Crippen LogP contribution in [-0.4, -0.2) is 17.8 Å². The van der Waals surface area contributed by atoms with Crippen LogP contribution in [0.1, 0.15) is 19.4 Å². The van der Waals surface area contributed by atoms with Gasteiger partial charge >= 0.3 is 11.7 Å². The Balaban J connectivity index is 2.41. The molecule has 2 N–H and O–H groups in total. The highest BCUT2D eigenvalue weighted by Gasteiger charge is 2.15. The fourth-order valence-electron chi connectivity index (χ4n) is 1.87. The zero-order chi connectivity index (χ0) is 15.6. The van der Waals surface area contributed by atoms with Crippen molar-refractivity contribution in [2.45, 2.75) is 20.8 Å². The number of amides is 1. The molecule has 1 amide bonds. The van der Waals surface area contributed by atoms with Crippen LogP contribution in [0.2, 0.25) is 0 Å². The fraction of sp³-hybridized carbons (Fsp3) is 0.333. The minimum atomic E-state index is -0.712. The van der Waals surface area contributed by atoms with Crippen molar-refractivity contribution in [2.24, 2.45) is 5.92 Å². The van der Waals surface area contributed by atoms with Crippen molar-refractivity contribution in [3.05, 3.63) is 34.2 Å². The van der Waals surface area contributed by atoms with E-state index in [9.17, 15) is 14.7 Å². The second-order valence-electron chi connectivity index (χ2n) is 5.20. The van der Waals surface area contributed by atoms with Crippen molar-refractivity contribution in [1.29, 1.82) is 0 Å². The molecule has 0 aliphatic heterocycles. The Morgan fingerprint density at radius 3 is 2.81 bits per heavy atom. The molecule has 0 bridgehead atoms. The van der Waals surface area contributed by atoms with E-state index in [0.717, 1.165) is 0 Å². The Bertz CT molecular complexity index is 733. The van der Waals surface area contributed by atoms with E-state index in [4.69, 9.17) is 9.15 Å². The maximum absolute atomic E-state index is 11.7. The average Bonchev–Trinajstić information content (AvgIpc) is 2.39. The number of anilines is 1. The third kappa shape index (κ3) is 3.34. The van der Waals surface area contributed by atoms with Gasteiger partial charge in [0.15, 0.2) is 5.58 Å². The normalized spacial score (nSPS) is 10.9. The molecule has 21 heavy (non-hydrogen) atoms. The number of hydrogen-bond donors (Lipinski definition) is 2. The third-order valence-electron chi connectivity index (χ3n) is 2.87. The maximum Gasteiger partial charge on any atom is 0.411 e. The van der Waals surface area contributed by atoms with Crippen LogP contribution in [0.15, 0.2) is 27.4 Å². The first-order valence-corrected chi connectivity index (χ1v) is 6.58. The standard InChI is InChI=1S/C15H17NO5/c1-8(2)7-20-15(19)16-13-11(17)5-4-10-9(3)6-12(18)21-14(10)13/h4-6,8,17H,7H2,1-3H3,(H,16,19). The summed E-state index contributed by atoms with van der Waals surface area (Å²) in [5.74, 6) is -0.00483. The fourth-order valence-corrected chi connectivity index (χ4v) is 1.87. The second-order valence-corrected chi connectivity index (χ2v) is 5.20. The lowest BCUT2D eigenvalue weighted by Crippen LogP contribution is -2.17. The summed E-state index contributed by atoms with van der Waals surface area (Å²) in [6.07, 6.45) is -0.712. The molecule has 0 aliphatic rings. The van der Waals surface area contributed by atoms with Crippen LogP contribution in [0.25, 0.3) is 11.0 Å². The molecule has 6 nitrogen and oxygen atoms in total. The topological polar surface area (TPSA) is 88.8 Å². The summed E-state index contributed by atoms with van der Waals surface area (Å²) >= 11 is 0. The van der Waals surface area contributed by atoms with Gasteiger partial charge in [-0.2, -0.15) is 0 Å². The molecule has 1 aromatic heterocycles. The van der Waals surface area contributed by atoms with Crippen LogP contribution in [0, 0.1) is 12.8 Å². The molecule has 0 fully saturated rings. The Kier molecular flexibility index (Phi) is 4.16. The number of aryl methyl sites for hydroxylation is 1. The maximum atomic E-state index is 11.7. The molecule has 0 atom stereocenters. The van der Waals surface area contributed by atoms with Crippen molar-refractivity contribution in [1.82, 2.24) is 0 Å². The van der Waals surface area contributed by atoms with Crippen molar-refractivity contribution >= 4 is 22.7 Å². The number of benzene rings is 1. The smallest absolute Gasteiger partial charge is 0.411 e. The van der Waals surface area contributed by atoms with Crippen LogP contribution >= 0.6 is 0 Å². The predicted molar refractivity (Wildman–Crippen MR) is 78.7 cm³/mol. The minimum Gasteiger partial charge on any atom is -0.506 e. The Morgan fingerprint density at radius 2 is 2.14 bits per heavy atom. The Hall–Kier alpha value is -2.50. The summed E-state index contributed by atoms with van der Waals surface area (Å²) in [6, 6.07) is 4.39. The van der Waals surface area contributed by atoms with Crippen LogP contribution in [0.5, 0.6) is 5.75 Å². The number of nitrogens with one attached hydrogen (secondary N) is 1. The van der Waals surface area contributed by atoms with Crippen LogP contribution in [0.4, 0.5) is 10.5 Å². The molecule has 2 aromatic rings. The number of hydrogen-bond acceptors (Lipinski definition) is 5. The first-order valence-electron chi connectivity index (χ1n) is 6.58. The van der Waals surface area contributed by atoms with Crippen LogP contribution < -0.4 is 10.9 Å². The predicted octanol–water partition coefficient (Wildman–Crippen LogP) is 3.01. The van der Waals surface area contributed by atoms with Gasteiger partial charge in [0.1, 0.15) is 11.4 Å². The summed E-state index contributed by atoms with van der Waals surface area (Å²) in [6.45, 7) is 5.81. The average molecular weight is 291 g/mol. The first kappa shape index (κ1) is 14.9. The summed E-state index contributed by atoms with van der Waals surface area (Å²) in [5.41, 5.74) is 0.299. The highest BCUT2D eigenvalue weighted by atomic mass is 16.5. The lowest BCUT2D eigenvalue weighted by molar-refractivity contribution is 0.147. The van der Waals surface area contributed by atoms with Gasteiger partial charge in [-0.15, -0.1) is 0 Å². The molecular formula is C15H17NO5. The number of ether oxygens (including phenoxy) is 1. The summed E-state index contributed by atoms with van der Waals surface area (Å²) in [5, 5.41) is 12.9. The van der Waals surface area contributed by atoms with Gasteiger partial charge < -0.3 is 14.3 Å². The molecule has 0 radical (unpaired) electrons. The molecule has 0 spiro atoms. The van der Waals surface area contributed by atoms with Crippen molar-refractivity contribution in [3.63, 3.8) is 0 Å². The molecule has 0 saturated carbocycles. The molecule has 0 unspecified atom stereocenters. The number of carbonyl (C=O) groups is 1. The third-order valence-corrected chi connectivity index (χ3v) is 2.87. The van der Waals surface area contributed by atoms with Crippen molar-refractivity contribution in [2.75, 3.05) is 11.9 Å². The molecular weight excluding hydrogens is 274 g/mol. The molecule has 2 rings (SSSR count). The van der Waals surface area contributed by atoms with Gasteiger partial charge in [-0.1, -0.05) is 13.8 Å². The molecule has 6 heteroatoms. The Morgan fingerprint density at radius 1 is 1.43 bits per heavy atom. The van der Waals surface area contributed by atoms with E-state index in [-0.39, 0.29) is 29.5 Å². The minimum absolute atomic E-state index is 0.0297. The molecule has 1 heterocycles. The van der Waals surface area contributed by atoms with Gasteiger partial charge in [0.25, 0.3) is 0 Å². The Labute approximate surface area is 121 Å². The summed E-state index contributed by atoms with van der Waals surface area (Å²) < 4.78 is 10.1. The van der Waals surface area contributed by atoms with E-state index in [1.165, 1.54) is 12.1 Å². The highest BCUT2D eigenvalue weighted by molar-refractivity contribution is 6.00. The quantitative estimate of drug-likeness (QED) is 0.670. The number of rotatable bonds is 3. The molecule has 1 aromatic carbocycles. The van der Waals surface area contributed by atoms with Gasteiger partial charge in [-0.25, -0.2) is 9.59 Å². The second kappa shape index (κ2) is 5.87. The number of phenolic OH excluding ortho intramolecular Hbond substituents is 1. The van der Waals surface area contributed by atoms with Crippen LogP contribution in [-0.2, 0) is 4.74 Å². The van der Waals surface area contributed by atoms with Gasteiger partial charge in [0.2, 0.25) is 0 Å². The van der Waals surface area contributed by atoms with Crippen molar-refractivity contribution < 1.29 is 19.1 Å². The SMILES string of the molecule is Cc1cc(=O)oc2c(NC(=O)OCC(C)C)c(O)ccc12. The largest absolute Gasteiger partial charge is 0.506 e. The lowest BCUT2D eigenvalue weighted by Gasteiger charge is -2.11. The first-order chi connectivity index (χ1) is 9.88. The highest BCUT2D eigenvalue weighted by Crippen LogP contribution is 2.33. The van der Waals surface area contributed by atoms with Gasteiger partial charge in [0.05, 0.1) is 6.61 Å². The van der Waals surface area contributed by atoms with Crippen LogP contribution in [0.3, 0.4) is 0 Å². The molecule has 112 valence electrons. The van der Waals surface area contributed by atoms with Gasteiger partial charge in [0, 0.05) is 11.5 Å². The monoisotopic (exact) mass is 291 g/mol. The van der Waals surface area contributed by atoms with E-state index in [0.29, 0.717) is 10.9 Å². The summed E-state index contributed by atoms with van der Waals surface area (Å²) in [7, 11) is 0. The van der Waals surface area contributed by atoms with Crippen molar-refractivity contribution in [3.8, 4) is 5.75 Å². The number of fused-ring (bicyclic) bond motifs is 1. The molecule has 0 saturated heterocycles. The van der Waals surface area contributed by atoms with Gasteiger partial charge in [-0.05, 0) is 30.5 Å². The number of phenols is 1. The van der Waals surface area contributed by atoms with E-state index < -0.39 is 11.7 Å². The van der Waals surface area contributed by atoms with E-state index in [1.807, 2.05) is 13.8 Å². The van der Waals surface area contributed by atoms with Gasteiger partial charge in [-0.3, -0.25) is 5.32 Å². The molecule has 0 aliphatic carbocycles.